The van der Waals surface area contributed by atoms with E-state index in [1.807, 2.05) is 0 Å². The number of fused-ring (bicyclic) bond motifs is 1. The Morgan fingerprint density at radius 3 is 2.70 bits per heavy atom. The van der Waals surface area contributed by atoms with Crippen LogP contribution in [0.2, 0.25) is 0 Å². The summed E-state index contributed by atoms with van der Waals surface area (Å²) in [6.07, 6.45) is 6.23. The largest absolute Gasteiger partial charge is 0.348 e. The fourth-order valence-electron chi connectivity index (χ4n) is 4.58. The van der Waals surface area contributed by atoms with E-state index in [0.717, 1.165) is 51.4 Å². The maximum atomic E-state index is 11.3. The molecule has 0 aromatic carbocycles. The van der Waals surface area contributed by atoms with E-state index < -0.39 is 10.1 Å². The van der Waals surface area contributed by atoms with Crippen LogP contribution < -0.4 is 0 Å². The quantitative estimate of drug-likeness (QED) is 0.704. The molecule has 1 saturated carbocycles. The highest BCUT2D eigenvalue weighted by Crippen LogP contribution is 2.45. The van der Waals surface area contributed by atoms with Gasteiger partial charge in [0.2, 0.25) is 0 Å². The average molecular weight is 347 g/mol. The van der Waals surface area contributed by atoms with Crippen LogP contribution in [0.25, 0.3) is 0 Å². The van der Waals surface area contributed by atoms with E-state index in [1.54, 1.807) is 0 Å². The second kappa shape index (κ2) is 6.96. The second-order valence-corrected chi connectivity index (χ2v) is 8.91. The highest BCUT2D eigenvalue weighted by Gasteiger charge is 2.48. The number of hydrogen-bond donors (Lipinski definition) is 0. The minimum atomic E-state index is -3.37. The summed E-state index contributed by atoms with van der Waals surface area (Å²) < 4.78 is 39.5. The summed E-state index contributed by atoms with van der Waals surface area (Å²) in [6, 6.07) is 0.572. The van der Waals surface area contributed by atoms with Gasteiger partial charge in [0, 0.05) is 25.4 Å². The summed E-state index contributed by atoms with van der Waals surface area (Å²) in [6.45, 7) is 5.86. The molecule has 0 aromatic heterocycles. The van der Waals surface area contributed by atoms with Gasteiger partial charge in [-0.05, 0) is 37.6 Å². The summed E-state index contributed by atoms with van der Waals surface area (Å²) in [5, 5.41) is 0. The number of piperidine rings is 1. The molecule has 134 valence electrons. The van der Waals surface area contributed by atoms with Gasteiger partial charge in [-0.3, -0.25) is 9.08 Å². The minimum Gasteiger partial charge on any atom is -0.348 e. The monoisotopic (exact) mass is 347 g/mol. The van der Waals surface area contributed by atoms with Crippen LogP contribution in [0.4, 0.5) is 0 Å². The zero-order valence-corrected chi connectivity index (χ0v) is 15.0. The zero-order chi connectivity index (χ0) is 16.5. The van der Waals surface area contributed by atoms with Crippen LogP contribution in [0.5, 0.6) is 0 Å². The van der Waals surface area contributed by atoms with Crippen LogP contribution >= 0.6 is 0 Å². The Morgan fingerprint density at radius 1 is 1.30 bits per heavy atom. The molecule has 2 aliphatic heterocycles. The molecule has 3 rings (SSSR count). The molecule has 23 heavy (non-hydrogen) atoms. The third-order valence-corrected chi connectivity index (χ3v) is 5.94. The maximum Gasteiger partial charge on any atom is 0.264 e. The first-order chi connectivity index (χ1) is 10.9. The van der Waals surface area contributed by atoms with Gasteiger partial charge in [-0.2, -0.15) is 8.42 Å². The van der Waals surface area contributed by atoms with Gasteiger partial charge in [0.15, 0.2) is 5.79 Å². The molecule has 2 heterocycles. The second-order valence-electron chi connectivity index (χ2n) is 7.26. The lowest BCUT2D eigenvalue weighted by Crippen LogP contribution is -2.55. The lowest BCUT2D eigenvalue weighted by molar-refractivity contribution is -0.203. The molecule has 2 saturated heterocycles. The normalized spacial score (nSPS) is 34.6. The molecule has 0 amide bonds. The van der Waals surface area contributed by atoms with Crippen molar-refractivity contribution in [2.45, 2.75) is 50.9 Å². The Balaban J connectivity index is 1.67. The first-order valence-corrected chi connectivity index (χ1v) is 10.6. The van der Waals surface area contributed by atoms with Gasteiger partial charge in [-0.1, -0.05) is 6.92 Å². The fraction of sp³-hybridized carbons (Fsp3) is 1.00. The van der Waals surface area contributed by atoms with E-state index in [-0.39, 0.29) is 18.3 Å². The van der Waals surface area contributed by atoms with Crippen LogP contribution in [-0.2, 0) is 23.8 Å². The van der Waals surface area contributed by atoms with Gasteiger partial charge in [0.05, 0.1) is 26.1 Å². The standard InChI is InChI=1S/C16H29NO5S/c1-3-6-17-11-13(12-22-23(2,18)19)9-14-10-16(5-4-15(14)17)20-7-8-21-16/h13-15H,3-12H2,1-2H3. The van der Waals surface area contributed by atoms with Crippen molar-refractivity contribution < 1.29 is 22.1 Å². The van der Waals surface area contributed by atoms with Crippen molar-refractivity contribution in [1.29, 1.82) is 0 Å². The topological polar surface area (TPSA) is 65.1 Å². The van der Waals surface area contributed by atoms with Crippen molar-refractivity contribution in [2.75, 3.05) is 39.2 Å². The number of likely N-dealkylation sites (tertiary alicyclic amines) is 1. The molecule has 0 radical (unpaired) electrons. The molecular weight excluding hydrogens is 318 g/mol. The van der Waals surface area contributed by atoms with E-state index >= 15 is 0 Å². The number of nitrogens with zero attached hydrogens (tertiary/aromatic N) is 1. The highest BCUT2D eigenvalue weighted by atomic mass is 32.2. The Bertz CT molecular complexity index is 503. The molecule has 3 unspecified atom stereocenters. The van der Waals surface area contributed by atoms with Crippen molar-refractivity contribution in [3.05, 3.63) is 0 Å². The van der Waals surface area contributed by atoms with Gasteiger partial charge in [-0.15, -0.1) is 0 Å². The van der Waals surface area contributed by atoms with Crippen molar-refractivity contribution in [3.63, 3.8) is 0 Å². The summed E-state index contributed by atoms with van der Waals surface area (Å²) in [5.74, 6) is 0.378. The number of hydrogen-bond acceptors (Lipinski definition) is 6. The van der Waals surface area contributed by atoms with E-state index in [4.69, 9.17) is 13.7 Å². The molecule has 1 aliphatic carbocycles. The predicted octanol–water partition coefficient (Wildman–Crippen LogP) is 1.61. The first-order valence-electron chi connectivity index (χ1n) is 8.77. The molecular formula is C16H29NO5S. The zero-order valence-electron chi connectivity index (χ0n) is 14.2. The van der Waals surface area contributed by atoms with E-state index in [1.165, 1.54) is 0 Å². The third kappa shape index (κ3) is 4.25. The first kappa shape index (κ1) is 17.6. The minimum absolute atomic E-state index is 0.258. The fourth-order valence-corrected chi connectivity index (χ4v) is 5.02. The van der Waals surface area contributed by atoms with Gasteiger partial charge in [0.1, 0.15) is 0 Å². The summed E-state index contributed by atoms with van der Waals surface area (Å²) >= 11 is 0. The van der Waals surface area contributed by atoms with Crippen molar-refractivity contribution in [2.24, 2.45) is 11.8 Å². The molecule has 6 nitrogen and oxygen atoms in total. The lowest BCUT2D eigenvalue weighted by atomic mass is 9.72. The number of ether oxygens (including phenoxy) is 2. The lowest BCUT2D eigenvalue weighted by Gasteiger charge is -2.50. The van der Waals surface area contributed by atoms with Gasteiger partial charge in [0.25, 0.3) is 10.1 Å². The van der Waals surface area contributed by atoms with Crippen molar-refractivity contribution >= 4 is 10.1 Å². The molecule has 3 fully saturated rings. The molecule has 7 heteroatoms. The molecule has 1 spiro atoms. The van der Waals surface area contributed by atoms with Gasteiger partial charge >= 0.3 is 0 Å². The van der Waals surface area contributed by atoms with Crippen LogP contribution in [0.15, 0.2) is 0 Å². The molecule has 3 atom stereocenters. The molecule has 0 N–H and O–H groups in total. The van der Waals surface area contributed by atoms with Gasteiger partial charge < -0.3 is 9.47 Å². The summed E-state index contributed by atoms with van der Waals surface area (Å²) in [4.78, 5) is 2.53. The van der Waals surface area contributed by atoms with Crippen molar-refractivity contribution in [3.8, 4) is 0 Å². The Kier molecular flexibility index (Phi) is 5.33. The van der Waals surface area contributed by atoms with E-state index in [2.05, 4.69) is 11.8 Å². The Morgan fingerprint density at radius 2 is 2.04 bits per heavy atom. The van der Waals surface area contributed by atoms with E-state index in [0.29, 0.717) is 25.2 Å². The summed E-state index contributed by atoms with van der Waals surface area (Å²) in [5.41, 5.74) is 0. The number of rotatable bonds is 5. The maximum absolute atomic E-state index is 11.3. The van der Waals surface area contributed by atoms with Gasteiger partial charge in [-0.25, -0.2) is 0 Å². The van der Waals surface area contributed by atoms with E-state index in [9.17, 15) is 8.42 Å². The van der Waals surface area contributed by atoms with Crippen molar-refractivity contribution in [1.82, 2.24) is 4.90 Å². The Hall–Kier alpha value is -0.210. The SMILES string of the molecule is CCCN1CC(COS(C)(=O)=O)CC2CC3(CCC21)OCCO3. The molecule has 0 aromatic rings. The smallest absolute Gasteiger partial charge is 0.264 e. The molecule has 0 bridgehead atoms. The predicted molar refractivity (Wildman–Crippen MR) is 86.5 cm³/mol. The highest BCUT2D eigenvalue weighted by molar-refractivity contribution is 7.85. The molecule has 3 aliphatic rings. The third-order valence-electron chi connectivity index (χ3n) is 5.38. The van der Waals surface area contributed by atoms with Crippen LogP contribution in [0.1, 0.15) is 39.0 Å². The summed E-state index contributed by atoms with van der Waals surface area (Å²) in [7, 11) is -3.37. The van der Waals surface area contributed by atoms with Crippen LogP contribution in [0.3, 0.4) is 0 Å². The van der Waals surface area contributed by atoms with Crippen LogP contribution in [0, 0.1) is 11.8 Å². The Labute approximate surface area is 139 Å². The average Bonchev–Trinajstić information content (AvgIpc) is 2.92. The van der Waals surface area contributed by atoms with Crippen LogP contribution in [-0.4, -0.2) is 64.3 Å².